The molecule has 3 N–H and O–H groups in total. The van der Waals surface area contributed by atoms with Gasteiger partial charge >= 0.3 is 0 Å². The molecule has 0 atom stereocenters. The van der Waals surface area contributed by atoms with Crippen LogP contribution in [0, 0.1) is 17.0 Å². The van der Waals surface area contributed by atoms with E-state index in [1.54, 1.807) is 31.2 Å². The maximum atomic E-state index is 12.3. The number of aryl methyl sites for hydroxylation is 1. The molecule has 0 unspecified atom stereocenters. The van der Waals surface area contributed by atoms with E-state index in [0.29, 0.717) is 22.5 Å². The van der Waals surface area contributed by atoms with Crippen molar-refractivity contribution in [2.45, 2.75) is 25.8 Å². The van der Waals surface area contributed by atoms with E-state index in [1.165, 1.54) is 18.2 Å². The van der Waals surface area contributed by atoms with Gasteiger partial charge in [0.05, 0.1) is 17.0 Å². The molecular weight excluding hydrogens is 348 g/mol. The van der Waals surface area contributed by atoms with Gasteiger partial charge in [-0.25, -0.2) is 0 Å². The molecule has 0 aromatic heterocycles. The van der Waals surface area contributed by atoms with Crippen LogP contribution in [0.15, 0.2) is 42.5 Å². The van der Waals surface area contributed by atoms with E-state index in [2.05, 4.69) is 16.0 Å². The van der Waals surface area contributed by atoms with Gasteiger partial charge in [0.2, 0.25) is 5.91 Å². The van der Waals surface area contributed by atoms with Gasteiger partial charge in [-0.3, -0.25) is 19.7 Å². The quantitative estimate of drug-likeness (QED) is 0.514. The third kappa shape index (κ3) is 4.81. The predicted molar refractivity (Wildman–Crippen MR) is 102 cm³/mol. The minimum atomic E-state index is -0.482. The summed E-state index contributed by atoms with van der Waals surface area (Å²) in [5, 5.41) is 19.4. The van der Waals surface area contributed by atoms with Crippen LogP contribution in [0.25, 0.3) is 0 Å². The van der Waals surface area contributed by atoms with Gasteiger partial charge in [0.25, 0.3) is 11.6 Å². The van der Waals surface area contributed by atoms with Crippen molar-refractivity contribution in [1.29, 1.82) is 0 Å². The van der Waals surface area contributed by atoms with Crippen molar-refractivity contribution in [2.24, 2.45) is 0 Å². The smallest absolute Gasteiger partial charge is 0.269 e. The van der Waals surface area contributed by atoms with Gasteiger partial charge in [-0.15, -0.1) is 0 Å². The third-order valence-electron chi connectivity index (χ3n) is 4.22. The topological polar surface area (TPSA) is 113 Å². The van der Waals surface area contributed by atoms with Gasteiger partial charge in [0, 0.05) is 29.5 Å². The fourth-order valence-corrected chi connectivity index (χ4v) is 2.60. The first-order chi connectivity index (χ1) is 12.9. The number of nitro benzene ring substituents is 1. The van der Waals surface area contributed by atoms with Gasteiger partial charge < -0.3 is 16.0 Å². The van der Waals surface area contributed by atoms with Crippen molar-refractivity contribution in [2.75, 3.05) is 17.2 Å². The van der Waals surface area contributed by atoms with Crippen molar-refractivity contribution in [3.63, 3.8) is 0 Å². The SMILES string of the molecule is Cc1cc([N+](=O)[O-])ccc1NC(=O)CNc1ccccc1C(=O)NC1CC1. The van der Waals surface area contributed by atoms with Crippen LogP contribution in [-0.2, 0) is 4.79 Å². The molecule has 8 nitrogen and oxygen atoms in total. The van der Waals surface area contributed by atoms with Crippen LogP contribution >= 0.6 is 0 Å². The largest absolute Gasteiger partial charge is 0.376 e. The average Bonchev–Trinajstić information content (AvgIpc) is 3.45. The lowest BCUT2D eigenvalue weighted by atomic mass is 10.1. The number of benzene rings is 2. The zero-order chi connectivity index (χ0) is 19.4. The van der Waals surface area contributed by atoms with E-state index < -0.39 is 4.92 Å². The molecule has 1 aliphatic carbocycles. The zero-order valence-electron chi connectivity index (χ0n) is 14.8. The molecule has 0 radical (unpaired) electrons. The van der Waals surface area contributed by atoms with Crippen molar-refractivity contribution in [1.82, 2.24) is 5.32 Å². The molecule has 0 bridgehead atoms. The predicted octanol–water partition coefficient (Wildman–Crippen LogP) is 2.85. The number of non-ortho nitro benzene ring substituents is 1. The Morgan fingerprint density at radius 2 is 1.89 bits per heavy atom. The molecule has 2 aromatic carbocycles. The minimum absolute atomic E-state index is 0.0285. The van der Waals surface area contributed by atoms with Gasteiger partial charge in [-0.05, 0) is 43.5 Å². The van der Waals surface area contributed by atoms with Crippen LogP contribution < -0.4 is 16.0 Å². The molecule has 2 amide bonds. The highest BCUT2D eigenvalue weighted by Gasteiger charge is 2.24. The van der Waals surface area contributed by atoms with Crippen molar-refractivity contribution < 1.29 is 14.5 Å². The number of carbonyl (C=O) groups is 2. The second-order valence-electron chi connectivity index (χ2n) is 6.45. The molecule has 8 heteroatoms. The molecule has 3 rings (SSSR count). The number of hydrogen-bond donors (Lipinski definition) is 3. The Morgan fingerprint density at radius 1 is 1.15 bits per heavy atom. The highest BCUT2D eigenvalue weighted by Crippen LogP contribution is 2.22. The Labute approximate surface area is 156 Å². The van der Waals surface area contributed by atoms with Gasteiger partial charge in [0.15, 0.2) is 0 Å². The van der Waals surface area contributed by atoms with Crippen LogP contribution in [0.3, 0.4) is 0 Å². The summed E-state index contributed by atoms with van der Waals surface area (Å²) < 4.78 is 0. The molecule has 0 saturated heterocycles. The monoisotopic (exact) mass is 368 g/mol. The second-order valence-corrected chi connectivity index (χ2v) is 6.45. The summed E-state index contributed by atoms with van der Waals surface area (Å²) in [6.07, 6.45) is 2.00. The number of anilines is 2. The Morgan fingerprint density at radius 3 is 2.56 bits per heavy atom. The number of rotatable bonds is 7. The molecule has 140 valence electrons. The summed E-state index contributed by atoms with van der Waals surface area (Å²) in [5.74, 6) is -0.475. The summed E-state index contributed by atoms with van der Waals surface area (Å²) in [6.45, 7) is 1.65. The normalized spacial score (nSPS) is 12.9. The van der Waals surface area contributed by atoms with Crippen LogP contribution in [0.5, 0.6) is 0 Å². The van der Waals surface area contributed by atoms with Crippen LogP contribution in [0.1, 0.15) is 28.8 Å². The summed E-state index contributed by atoms with van der Waals surface area (Å²) in [7, 11) is 0. The summed E-state index contributed by atoms with van der Waals surface area (Å²) >= 11 is 0. The highest BCUT2D eigenvalue weighted by atomic mass is 16.6. The molecule has 0 spiro atoms. The van der Waals surface area contributed by atoms with Gasteiger partial charge in [0.1, 0.15) is 0 Å². The van der Waals surface area contributed by atoms with Crippen LogP contribution in [-0.4, -0.2) is 29.3 Å². The average molecular weight is 368 g/mol. The van der Waals surface area contributed by atoms with Crippen molar-refractivity contribution in [3.8, 4) is 0 Å². The number of nitrogens with zero attached hydrogens (tertiary/aromatic N) is 1. The standard InChI is InChI=1S/C19H20N4O4/c1-12-10-14(23(26)27)8-9-16(12)22-18(24)11-20-17-5-3-2-4-15(17)19(25)21-13-6-7-13/h2-5,8-10,13,20H,6-7,11H2,1H3,(H,21,25)(H,22,24). The highest BCUT2D eigenvalue weighted by molar-refractivity contribution is 6.01. The van der Waals surface area contributed by atoms with Crippen LogP contribution in [0.4, 0.5) is 17.1 Å². The summed E-state index contributed by atoms with van der Waals surface area (Å²) in [5.41, 5.74) is 2.14. The maximum Gasteiger partial charge on any atom is 0.269 e. The van der Waals surface area contributed by atoms with Crippen LogP contribution in [0.2, 0.25) is 0 Å². The van der Waals surface area contributed by atoms with E-state index in [1.807, 2.05) is 0 Å². The first kappa shape index (κ1) is 18.4. The first-order valence-corrected chi connectivity index (χ1v) is 8.62. The number of carbonyl (C=O) groups excluding carboxylic acids is 2. The molecule has 1 aliphatic rings. The number of nitrogens with one attached hydrogen (secondary N) is 3. The lowest BCUT2D eigenvalue weighted by molar-refractivity contribution is -0.384. The Bertz CT molecular complexity index is 893. The van der Waals surface area contributed by atoms with E-state index in [0.717, 1.165) is 12.8 Å². The third-order valence-corrected chi connectivity index (χ3v) is 4.22. The van der Waals surface area contributed by atoms with Crippen molar-refractivity contribution in [3.05, 3.63) is 63.7 Å². The summed E-state index contributed by atoms with van der Waals surface area (Å²) in [4.78, 5) is 34.8. The Balaban J connectivity index is 1.61. The number of nitro groups is 1. The van der Waals surface area contributed by atoms with Crippen molar-refractivity contribution >= 4 is 28.9 Å². The maximum absolute atomic E-state index is 12.3. The summed E-state index contributed by atoms with van der Waals surface area (Å²) in [6, 6.07) is 11.5. The minimum Gasteiger partial charge on any atom is -0.376 e. The number of amides is 2. The van der Waals surface area contributed by atoms with E-state index >= 15 is 0 Å². The molecule has 0 aliphatic heterocycles. The molecule has 0 heterocycles. The van der Waals surface area contributed by atoms with E-state index in [-0.39, 0.29) is 30.1 Å². The fourth-order valence-electron chi connectivity index (χ4n) is 2.60. The zero-order valence-corrected chi connectivity index (χ0v) is 14.8. The molecule has 1 saturated carbocycles. The fraction of sp³-hybridized carbons (Fsp3) is 0.263. The van der Waals surface area contributed by atoms with E-state index in [4.69, 9.17) is 0 Å². The molecule has 1 fully saturated rings. The Hall–Kier alpha value is -3.42. The van der Waals surface area contributed by atoms with Gasteiger partial charge in [-0.1, -0.05) is 12.1 Å². The second kappa shape index (κ2) is 7.86. The van der Waals surface area contributed by atoms with E-state index in [9.17, 15) is 19.7 Å². The molecule has 2 aromatic rings. The number of hydrogen-bond acceptors (Lipinski definition) is 5. The first-order valence-electron chi connectivity index (χ1n) is 8.62. The van der Waals surface area contributed by atoms with Gasteiger partial charge in [-0.2, -0.15) is 0 Å². The lowest BCUT2D eigenvalue weighted by Gasteiger charge is -2.13. The molecule has 27 heavy (non-hydrogen) atoms. The Kier molecular flexibility index (Phi) is 5.35. The number of para-hydroxylation sites is 1. The lowest BCUT2D eigenvalue weighted by Crippen LogP contribution is -2.27. The molecular formula is C19H20N4O4.